The number of nitrogens with one attached hydrogen (secondary N) is 1. The quantitative estimate of drug-likeness (QED) is 0.917. The average Bonchev–Trinajstić information content (AvgIpc) is 3.11. The number of hydrogen-bond donors (Lipinski definition) is 1. The molecule has 0 atom stereocenters. The molecule has 3 rings (SSSR count). The fourth-order valence-electron chi connectivity index (χ4n) is 2.46. The van der Waals surface area contributed by atoms with E-state index in [4.69, 9.17) is 0 Å². The molecule has 0 spiro atoms. The van der Waals surface area contributed by atoms with E-state index in [1.54, 1.807) is 23.3 Å². The first kappa shape index (κ1) is 11.9. The highest BCUT2D eigenvalue weighted by Gasteiger charge is 2.22. The number of nitrogens with zero attached hydrogens (tertiary/aromatic N) is 3. The van der Waals surface area contributed by atoms with Gasteiger partial charge in [-0.3, -0.25) is 9.78 Å². The maximum absolute atomic E-state index is 12.0. The minimum Gasteiger partial charge on any atom is -0.323 e. The molecule has 5 heteroatoms. The summed E-state index contributed by atoms with van der Waals surface area (Å²) in [6, 6.07) is 3.74. The van der Waals surface area contributed by atoms with Gasteiger partial charge >= 0.3 is 0 Å². The highest BCUT2D eigenvalue weighted by molar-refractivity contribution is 5.92. The first-order valence-corrected chi connectivity index (χ1v) is 6.59. The van der Waals surface area contributed by atoms with E-state index in [2.05, 4.69) is 15.4 Å². The summed E-state index contributed by atoms with van der Waals surface area (Å²) in [5.41, 5.74) is 1.67. The van der Waals surface area contributed by atoms with Crippen LogP contribution in [0.1, 0.15) is 25.7 Å². The van der Waals surface area contributed by atoms with E-state index >= 15 is 0 Å². The summed E-state index contributed by atoms with van der Waals surface area (Å²) in [6.45, 7) is 0. The molecule has 2 aromatic heterocycles. The van der Waals surface area contributed by atoms with Gasteiger partial charge in [-0.15, -0.1) is 0 Å². The van der Waals surface area contributed by atoms with Crippen molar-refractivity contribution in [3.05, 3.63) is 36.9 Å². The molecule has 1 amide bonds. The van der Waals surface area contributed by atoms with Gasteiger partial charge in [0.1, 0.15) is 0 Å². The van der Waals surface area contributed by atoms with Gasteiger partial charge in [0.15, 0.2) is 0 Å². The molecule has 0 aromatic carbocycles. The third-order valence-corrected chi connectivity index (χ3v) is 3.50. The van der Waals surface area contributed by atoms with Crippen molar-refractivity contribution in [1.82, 2.24) is 14.8 Å². The van der Waals surface area contributed by atoms with Gasteiger partial charge in [0.25, 0.3) is 0 Å². The van der Waals surface area contributed by atoms with Gasteiger partial charge in [-0.2, -0.15) is 5.10 Å². The Morgan fingerprint density at radius 3 is 2.74 bits per heavy atom. The molecular formula is C14H16N4O. The third-order valence-electron chi connectivity index (χ3n) is 3.50. The van der Waals surface area contributed by atoms with E-state index in [1.807, 2.05) is 18.3 Å². The number of aromatic nitrogens is 3. The molecule has 0 unspecified atom stereocenters. The van der Waals surface area contributed by atoms with E-state index in [-0.39, 0.29) is 11.8 Å². The molecule has 0 aliphatic heterocycles. The Kier molecular flexibility index (Phi) is 3.27. The van der Waals surface area contributed by atoms with Gasteiger partial charge in [-0.05, 0) is 25.0 Å². The molecule has 0 radical (unpaired) electrons. The van der Waals surface area contributed by atoms with Crippen LogP contribution in [-0.2, 0) is 4.79 Å². The highest BCUT2D eigenvalue weighted by atomic mass is 16.1. The molecule has 19 heavy (non-hydrogen) atoms. The lowest BCUT2D eigenvalue weighted by molar-refractivity contribution is -0.119. The van der Waals surface area contributed by atoms with Crippen LogP contribution in [0, 0.1) is 5.92 Å². The number of carbonyl (C=O) groups excluding carboxylic acids is 1. The second kappa shape index (κ2) is 5.22. The van der Waals surface area contributed by atoms with Crippen LogP contribution < -0.4 is 5.32 Å². The Balaban J connectivity index is 1.70. The van der Waals surface area contributed by atoms with Gasteiger partial charge in [0.05, 0.1) is 23.8 Å². The van der Waals surface area contributed by atoms with Crippen molar-refractivity contribution in [3.63, 3.8) is 0 Å². The van der Waals surface area contributed by atoms with E-state index in [0.29, 0.717) is 0 Å². The van der Waals surface area contributed by atoms with Gasteiger partial charge in [0.2, 0.25) is 5.91 Å². The smallest absolute Gasteiger partial charge is 0.227 e. The van der Waals surface area contributed by atoms with Gasteiger partial charge in [-0.25, -0.2) is 4.68 Å². The standard InChI is InChI=1S/C14H16N4O/c19-14(11-3-1-2-4-11)17-12-9-16-18(10-12)13-5-7-15-8-6-13/h5-11H,1-4H2,(H,17,19). The number of hydrogen-bond acceptors (Lipinski definition) is 3. The van der Waals surface area contributed by atoms with Gasteiger partial charge < -0.3 is 5.32 Å². The zero-order valence-corrected chi connectivity index (χ0v) is 10.6. The summed E-state index contributed by atoms with van der Waals surface area (Å²) in [4.78, 5) is 16.0. The van der Waals surface area contributed by atoms with E-state index in [0.717, 1.165) is 37.1 Å². The van der Waals surface area contributed by atoms with Crippen molar-refractivity contribution in [2.45, 2.75) is 25.7 Å². The average molecular weight is 256 g/mol. The Bertz CT molecular complexity index is 558. The van der Waals surface area contributed by atoms with E-state index in [9.17, 15) is 4.79 Å². The normalized spacial score (nSPS) is 15.6. The van der Waals surface area contributed by atoms with Crippen molar-refractivity contribution >= 4 is 11.6 Å². The second-order valence-electron chi connectivity index (χ2n) is 4.85. The summed E-state index contributed by atoms with van der Waals surface area (Å²) >= 11 is 0. The number of anilines is 1. The van der Waals surface area contributed by atoms with Crippen LogP contribution in [0.25, 0.3) is 5.69 Å². The number of rotatable bonds is 3. The summed E-state index contributed by atoms with van der Waals surface area (Å²) in [7, 11) is 0. The van der Waals surface area contributed by atoms with Crippen LogP contribution >= 0.6 is 0 Å². The highest BCUT2D eigenvalue weighted by Crippen LogP contribution is 2.26. The lowest BCUT2D eigenvalue weighted by Crippen LogP contribution is -2.19. The van der Waals surface area contributed by atoms with Gasteiger partial charge in [0, 0.05) is 18.3 Å². The molecular weight excluding hydrogens is 240 g/mol. The predicted molar refractivity (Wildman–Crippen MR) is 71.9 cm³/mol. The maximum Gasteiger partial charge on any atom is 0.227 e. The fourth-order valence-corrected chi connectivity index (χ4v) is 2.46. The lowest BCUT2D eigenvalue weighted by Gasteiger charge is -2.07. The Labute approximate surface area is 111 Å². The SMILES string of the molecule is O=C(Nc1cnn(-c2ccncc2)c1)C1CCCC1. The van der Waals surface area contributed by atoms with E-state index in [1.165, 1.54) is 0 Å². The van der Waals surface area contributed by atoms with Crippen LogP contribution in [0.2, 0.25) is 0 Å². The fraction of sp³-hybridized carbons (Fsp3) is 0.357. The van der Waals surface area contributed by atoms with Crippen molar-refractivity contribution < 1.29 is 4.79 Å². The molecule has 5 nitrogen and oxygen atoms in total. The molecule has 2 heterocycles. The largest absolute Gasteiger partial charge is 0.323 e. The second-order valence-corrected chi connectivity index (χ2v) is 4.85. The van der Waals surface area contributed by atoms with Crippen molar-refractivity contribution in [2.24, 2.45) is 5.92 Å². The van der Waals surface area contributed by atoms with Crippen molar-refractivity contribution in [3.8, 4) is 5.69 Å². The van der Waals surface area contributed by atoms with Crippen molar-refractivity contribution in [2.75, 3.05) is 5.32 Å². The molecule has 1 fully saturated rings. The minimum absolute atomic E-state index is 0.117. The van der Waals surface area contributed by atoms with Crippen LogP contribution in [0.5, 0.6) is 0 Å². The summed E-state index contributed by atoms with van der Waals surface area (Å²) in [6.07, 6.45) is 11.3. The first-order valence-electron chi connectivity index (χ1n) is 6.59. The third kappa shape index (κ3) is 2.65. The summed E-state index contributed by atoms with van der Waals surface area (Å²) < 4.78 is 1.73. The monoisotopic (exact) mass is 256 g/mol. The summed E-state index contributed by atoms with van der Waals surface area (Å²) in [5, 5.41) is 7.18. The molecule has 2 aromatic rings. The predicted octanol–water partition coefficient (Wildman–Crippen LogP) is 2.40. The van der Waals surface area contributed by atoms with Gasteiger partial charge in [-0.1, -0.05) is 12.8 Å². The number of carbonyl (C=O) groups is 1. The molecule has 0 bridgehead atoms. The maximum atomic E-state index is 12.0. The van der Waals surface area contributed by atoms with E-state index < -0.39 is 0 Å². The Hall–Kier alpha value is -2.17. The van der Waals surface area contributed by atoms with Crippen LogP contribution in [0.3, 0.4) is 0 Å². The zero-order valence-electron chi connectivity index (χ0n) is 10.6. The van der Waals surface area contributed by atoms with Crippen LogP contribution in [0.15, 0.2) is 36.9 Å². The topological polar surface area (TPSA) is 59.8 Å². The lowest BCUT2D eigenvalue weighted by atomic mass is 10.1. The molecule has 1 aliphatic rings. The first-order chi connectivity index (χ1) is 9.33. The van der Waals surface area contributed by atoms with Crippen molar-refractivity contribution in [1.29, 1.82) is 0 Å². The molecule has 1 saturated carbocycles. The zero-order chi connectivity index (χ0) is 13.1. The van der Waals surface area contributed by atoms with Crippen LogP contribution in [-0.4, -0.2) is 20.7 Å². The van der Waals surface area contributed by atoms with Crippen LogP contribution in [0.4, 0.5) is 5.69 Å². The number of pyridine rings is 1. The molecule has 0 saturated heterocycles. The summed E-state index contributed by atoms with van der Waals surface area (Å²) in [5.74, 6) is 0.288. The molecule has 1 aliphatic carbocycles. The Morgan fingerprint density at radius 1 is 1.26 bits per heavy atom. The minimum atomic E-state index is 0.117. The molecule has 1 N–H and O–H groups in total. The molecule has 98 valence electrons. The number of amides is 1. The Morgan fingerprint density at radius 2 is 2.00 bits per heavy atom.